The van der Waals surface area contributed by atoms with Gasteiger partial charge in [0, 0.05) is 18.8 Å². The average Bonchev–Trinajstić information content (AvgIpc) is 2.45. The van der Waals surface area contributed by atoms with E-state index in [0.29, 0.717) is 12.4 Å². The summed E-state index contributed by atoms with van der Waals surface area (Å²) in [6, 6.07) is 3.91. The molecule has 6 nitrogen and oxygen atoms in total. The summed E-state index contributed by atoms with van der Waals surface area (Å²) in [4.78, 5) is 18.3. The molecule has 0 aromatic carbocycles. The zero-order valence-electron chi connectivity index (χ0n) is 14.4. The predicted octanol–water partition coefficient (Wildman–Crippen LogP) is 2.95. The van der Waals surface area contributed by atoms with Crippen LogP contribution in [-0.4, -0.2) is 45.9 Å². The molecule has 2 N–H and O–H groups in total. The Morgan fingerprint density at radius 3 is 2.78 bits per heavy atom. The third-order valence-corrected chi connectivity index (χ3v) is 3.87. The van der Waals surface area contributed by atoms with Gasteiger partial charge in [-0.2, -0.15) is 0 Å². The number of nitrogens with one attached hydrogen (secondary N) is 1. The number of aliphatic hydroxyl groups excluding tert-OH is 1. The minimum atomic E-state index is -0.534. The summed E-state index contributed by atoms with van der Waals surface area (Å²) in [6.07, 6.45) is 2.90. The summed E-state index contributed by atoms with van der Waals surface area (Å²) >= 11 is 0. The van der Waals surface area contributed by atoms with Gasteiger partial charge in [0.15, 0.2) is 0 Å². The molecule has 23 heavy (non-hydrogen) atoms. The first-order valence-corrected chi connectivity index (χ1v) is 8.12. The zero-order valence-corrected chi connectivity index (χ0v) is 14.4. The molecule has 2 rings (SSSR count). The van der Waals surface area contributed by atoms with E-state index < -0.39 is 11.7 Å². The summed E-state index contributed by atoms with van der Waals surface area (Å²) < 4.78 is 5.20. The first-order chi connectivity index (χ1) is 10.7. The molecule has 0 aliphatic carbocycles. The number of β-amino-alcohol motifs (C(OH)–C–C–N with tert-alkyl or cyclic N) is 1. The van der Waals surface area contributed by atoms with Crippen LogP contribution in [0.4, 0.5) is 10.6 Å². The maximum absolute atomic E-state index is 11.7. The number of carbonyl (C=O) groups is 1. The summed E-state index contributed by atoms with van der Waals surface area (Å²) in [5.74, 6) is 0.467. The SMILES string of the molecule is CC(c1ccc(NC(=O)OC(C)(C)C)nc1)N1CCC[C@H](O)C1. The second-order valence-electron chi connectivity index (χ2n) is 7.07. The van der Waals surface area contributed by atoms with Gasteiger partial charge in [0.25, 0.3) is 0 Å². The van der Waals surface area contributed by atoms with Gasteiger partial charge in [-0.25, -0.2) is 9.78 Å². The lowest BCUT2D eigenvalue weighted by molar-refractivity contribution is 0.0503. The van der Waals surface area contributed by atoms with E-state index in [1.807, 2.05) is 26.8 Å². The quantitative estimate of drug-likeness (QED) is 0.895. The second-order valence-corrected chi connectivity index (χ2v) is 7.07. The fourth-order valence-corrected chi connectivity index (χ4v) is 2.68. The normalized spacial score (nSPS) is 20.8. The van der Waals surface area contributed by atoms with E-state index in [1.54, 1.807) is 12.3 Å². The highest BCUT2D eigenvalue weighted by Gasteiger charge is 2.23. The molecule has 1 amide bonds. The van der Waals surface area contributed by atoms with Crippen LogP contribution in [0.1, 0.15) is 52.1 Å². The van der Waals surface area contributed by atoms with Crippen LogP contribution >= 0.6 is 0 Å². The number of nitrogens with zero attached hydrogens (tertiary/aromatic N) is 2. The van der Waals surface area contributed by atoms with E-state index in [-0.39, 0.29) is 12.1 Å². The average molecular weight is 321 g/mol. The number of amides is 1. The Labute approximate surface area is 137 Å². The van der Waals surface area contributed by atoms with Crippen molar-refractivity contribution in [1.29, 1.82) is 0 Å². The Morgan fingerprint density at radius 1 is 1.48 bits per heavy atom. The number of pyridine rings is 1. The van der Waals surface area contributed by atoms with Crippen LogP contribution in [0.3, 0.4) is 0 Å². The van der Waals surface area contributed by atoms with Gasteiger partial charge in [-0.15, -0.1) is 0 Å². The highest BCUT2D eigenvalue weighted by molar-refractivity contribution is 5.83. The van der Waals surface area contributed by atoms with Crippen LogP contribution in [0.15, 0.2) is 18.3 Å². The molecule has 1 aliphatic heterocycles. The van der Waals surface area contributed by atoms with Crippen molar-refractivity contribution in [2.45, 2.75) is 58.3 Å². The smallest absolute Gasteiger partial charge is 0.413 e. The minimum Gasteiger partial charge on any atom is -0.444 e. The molecule has 1 unspecified atom stereocenters. The van der Waals surface area contributed by atoms with E-state index in [2.05, 4.69) is 22.1 Å². The molecular formula is C17H27N3O3. The lowest BCUT2D eigenvalue weighted by Crippen LogP contribution is -2.39. The number of hydrogen-bond acceptors (Lipinski definition) is 5. The topological polar surface area (TPSA) is 74.7 Å². The molecule has 2 atom stereocenters. The van der Waals surface area contributed by atoms with Crippen molar-refractivity contribution in [3.8, 4) is 0 Å². The predicted molar refractivity (Wildman–Crippen MR) is 89.3 cm³/mol. The van der Waals surface area contributed by atoms with Crippen molar-refractivity contribution in [3.05, 3.63) is 23.9 Å². The maximum atomic E-state index is 11.7. The number of aromatic nitrogens is 1. The highest BCUT2D eigenvalue weighted by atomic mass is 16.6. The molecular weight excluding hydrogens is 294 g/mol. The van der Waals surface area contributed by atoms with Crippen LogP contribution in [-0.2, 0) is 4.74 Å². The molecule has 1 aliphatic rings. The number of ether oxygens (including phenoxy) is 1. The van der Waals surface area contributed by atoms with E-state index >= 15 is 0 Å². The largest absolute Gasteiger partial charge is 0.444 e. The number of aliphatic hydroxyl groups is 1. The van der Waals surface area contributed by atoms with Crippen LogP contribution in [0, 0.1) is 0 Å². The Kier molecular flexibility index (Phi) is 5.59. The lowest BCUT2D eigenvalue weighted by atomic mass is 10.0. The van der Waals surface area contributed by atoms with Gasteiger partial charge in [-0.1, -0.05) is 6.07 Å². The van der Waals surface area contributed by atoms with Gasteiger partial charge in [-0.3, -0.25) is 10.2 Å². The van der Waals surface area contributed by atoms with Crippen LogP contribution in [0.25, 0.3) is 0 Å². The molecule has 0 bridgehead atoms. The van der Waals surface area contributed by atoms with Gasteiger partial charge < -0.3 is 9.84 Å². The molecule has 2 heterocycles. The molecule has 0 spiro atoms. The van der Waals surface area contributed by atoms with Gasteiger partial charge in [0.05, 0.1) is 6.10 Å². The third kappa shape index (κ3) is 5.48. The van der Waals surface area contributed by atoms with E-state index in [1.165, 1.54) is 0 Å². The van der Waals surface area contributed by atoms with Gasteiger partial charge in [-0.05, 0) is 58.7 Å². The molecule has 1 saturated heterocycles. The van der Waals surface area contributed by atoms with Crippen LogP contribution in [0.5, 0.6) is 0 Å². The zero-order chi connectivity index (χ0) is 17.0. The van der Waals surface area contributed by atoms with E-state index in [0.717, 1.165) is 24.9 Å². The van der Waals surface area contributed by atoms with Crippen LogP contribution < -0.4 is 5.32 Å². The Bertz CT molecular complexity index is 525. The van der Waals surface area contributed by atoms with Crippen molar-refractivity contribution in [2.75, 3.05) is 18.4 Å². The fourth-order valence-electron chi connectivity index (χ4n) is 2.68. The van der Waals surface area contributed by atoms with Crippen molar-refractivity contribution in [3.63, 3.8) is 0 Å². The van der Waals surface area contributed by atoms with Gasteiger partial charge in [0.1, 0.15) is 11.4 Å². The highest BCUT2D eigenvalue weighted by Crippen LogP contribution is 2.24. The van der Waals surface area contributed by atoms with Gasteiger partial charge >= 0.3 is 6.09 Å². The first kappa shape index (κ1) is 17.7. The number of carbonyl (C=O) groups excluding carboxylic acids is 1. The monoisotopic (exact) mass is 321 g/mol. The summed E-state index contributed by atoms with van der Waals surface area (Å²) in [7, 11) is 0. The summed E-state index contributed by atoms with van der Waals surface area (Å²) in [5.41, 5.74) is 0.530. The summed E-state index contributed by atoms with van der Waals surface area (Å²) in [6.45, 7) is 9.23. The standard InChI is InChI=1S/C17H27N3O3/c1-12(20-9-5-6-14(21)11-20)13-7-8-15(18-10-13)19-16(22)23-17(2,3)4/h7-8,10,12,14,21H,5-6,9,11H2,1-4H3,(H,18,19,22)/t12?,14-/m0/s1. The number of hydrogen-bond donors (Lipinski definition) is 2. The molecule has 0 saturated carbocycles. The van der Waals surface area contributed by atoms with E-state index in [4.69, 9.17) is 4.74 Å². The molecule has 6 heteroatoms. The number of rotatable bonds is 3. The molecule has 128 valence electrons. The maximum Gasteiger partial charge on any atom is 0.413 e. The third-order valence-electron chi connectivity index (χ3n) is 3.87. The van der Waals surface area contributed by atoms with Gasteiger partial charge in [0.2, 0.25) is 0 Å². The molecule has 0 radical (unpaired) electrons. The molecule has 1 aromatic rings. The first-order valence-electron chi connectivity index (χ1n) is 8.12. The summed E-state index contributed by atoms with van der Waals surface area (Å²) in [5, 5.41) is 12.4. The Hall–Kier alpha value is -1.66. The Morgan fingerprint density at radius 2 is 2.22 bits per heavy atom. The second kappa shape index (κ2) is 7.27. The molecule has 1 aromatic heterocycles. The van der Waals surface area contributed by atoms with Crippen molar-refractivity contribution in [1.82, 2.24) is 9.88 Å². The number of anilines is 1. The Balaban J connectivity index is 1.95. The minimum absolute atomic E-state index is 0.188. The van der Waals surface area contributed by atoms with Crippen molar-refractivity contribution < 1.29 is 14.6 Å². The van der Waals surface area contributed by atoms with Crippen molar-refractivity contribution >= 4 is 11.9 Å². The molecule has 1 fully saturated rings. The van der Waals surface area contributed by atoms with Crippen LogP contribution in [0.2, 0.25) is 0 Å². The number of likely N-dealkylation sites (tertiary alicyclic amines) is 1. The fraction of sp³-hybridized carbons (Fsp3) is 0.647. The lowest BCUT2D eigenvalue weighted by Gasteiger charge is -2.34. The number of piperidine rings is 1. The van der Waals surface area contributed by atoms with Crippen molar-refractivity contribution in [2.24, 2.45) is 0 Å². The van der Waals surface area contributed by atoms with E-state index in [9.17, 15) is 9.90 Å².